The molecule has 27 heavy (non-hydrogen) atoms. The Kier molecular flexibility index (Phi) is 9.09. The van der Waals surface area contributed by atoms with Crippen molar-refractivity contribution in [1.29, 1.82) is 0 Å². The van der Waals surface area contributed by atoms with Crippen molar-refractivity contribution in [1.82, 2.24) is 15.6 Å². The van der Waals surface area contributed by atoms with E-state index in [0.29, 0.717) is 23.6 Å². The summed E-state index contributed by atoms with van der Waals surface area (Å²) in [5.74, 6) is -0.00521. The van der Waals surface area contributed by atoms with E-state index in [2.05, 4.69) is 20.6 Å². The van der Waals surface area contributed by atoms with Crippen molar-refractivity contribution in [2.24, 2.45) is 4.99 Å². The standard InChI is InChI=1S/C17H23FN4O2S2.HI/c1-11-12(2)25-16(22-11)9-21-17(19-3)20-8-14-7-15(18)6-5-13(14)10-26(4,23)24;/h5-7H,8-10H2,1-4H3,(H2,19,20,21);1H. The lowest BCUT2D eigenvalue weighted by atomic mass is 10.1. The smallest absolute Gasteiger partial charge is 0.191 e. The molecule has 0 amide bonds. The zero-order valence-corrected chi connectivity index (χ0v) is 19.6. The second-order valence-electron chi connectivity index (χ2n) is 6.01. The third kappa shape index (κ3) is 7.70. The van der Waals surface area contributed by atoms with E-state index in [9.17, 15) is 12.8 Å². The largest absolute Gasteiger partial charge is 0.352 e. The predicted octanol–water partition coefficient (Wildman–Crippen LogP) is 2.93. The van der Waals surface area contributed by atoms with Crippen molar-refractivity contribution < 1.29 is 12.8 Å². The monoisotopic (exact) mass is 526 g/mol. The molecule has 0 saturated carbocycles. The number of halogens is 2. The fourth-order valence-electron chi connectivity index (χ4n) is 2.36. The Morgan fingerprint density at radius 1 is 1.22 bits per heavy atom. The van der Waals surface area contributed by atoms with Crippen LogP contribution in [0.2, 0.25) is 0 Å². The van der Waals surface area contributed by atoms with Crippen LogP contribution in [-0.2, 0) is 28.7 Å². The van der Waals surface area contributed by atoms with E-state index in [-0.39, 0.29) is 36.3 Å². The van der Waals surface area contributed by atoms with Crippen molar-refractivity contribution in [3.63, 3.8) is 0 Å². The summed E-state index contributed by atoms with van der Waals surface area (Å²) in [7, 11) is -1.57. The van der Waals surface area contributed by atoms with Crippen LogP contribution in [-0.4, -0.2) is 32.7 Å². The van der Waals surface area contributed by atoms with Gasteiger partial charge in [-0.25, -0.2) is 17.8 Å². The molecule has 0 radical (unpaired) electrons. The maximum Gasteiger partial charge on any atom is 0.191 e. The molecule has 10 heteroatoms. The third-order valence-corrected chi connectivity index (χ3v) is 5.64. The van der Waals surface area contributed by atoms with Gasteiger partial charge in [0, 0.05) is 24.7 Å². The molecule has 0 aliphatic carbocycles. The minimum atomic E-state index is -3.21. The van der Waals surface area contributed by atoms with Gasteiger partial charge >= 0.3 is 0 Å². The number of thiazole rings is 1. The van der Waals surface area contributed by atoms with Crippen LogP contribution in [0, 0.1) is 19.7 Å². The van der Waals surface area contributed by atoms with Crippen molar-refractivity contribution >= 4 is 51.1 Å². The molecule has 0 fully saturated rings. The Hall–Kier alpha value is -1.27. The molecule has 0 saturated heterocycles. The number of aliphatic imine (C=N–C) groups is 1. The van der Waals surface area contributed by atoms with Crippen LogP contribution in [0.3, 0.4) is 0 Å². The fraction of sp³-hybridized carbons (Fsp3) is 0.412. The van der Waals surface area contributed by atoms with Gasteiger partial charge in [0.15, 0.2) is 15.8 Å². The molecular weight excluding hydrogens is 502 g/mol. The topological polar surface area (TPSA) is 83.4 Å². The highest BCUT2D eigenvalue weighted by Crippen LogP contribution is 2.16. The molecule has 2 N–H and O–H groups in total. The molecule has 0 aliphatic rings. The number of rotatable bonds is 6. The van der Waals surface area contributed by atoms with Gasteiger partial charge in [0.1, 0.15) is 10.8 Å². The number of guanidine groups is 1. The van der Waals surface area contributed by atoms with Gasteiger partial charge in [0.05, 0.1) is 18.0 Å². The molecule has 0 atom stereocenters. The Labute approximate surface area is 180 Å². The number of nitrogens with one attached hydrogen (secondary N) is 2. The molecule has 0 spiro atoms. The van der Waals surface area contributed by atoms with E-state index < -0.39 is 15.7 Å². The summed E-state index contributed by atoms with van der Waals surface area (Å²) in [4.78, 5) is 9.77. The molecule has 2 rings (SSSR count). The number of nitrogens with zero attached hydrogens (tertiary/aromatic N) is 2. The molecule has 0 bridgehead atoms. The molecule has 1 aromatic heterocycles. The lowest BCUT2D eigenvalue weighted by Crippen LogP contribution is -2.36. The van der Waals surface area contributed by atoms with Crippen molar-refractivity contribution in [2.75, 3.05) is 13.3 Å². The second-order valence-corrected chi connectivity index (χ2v) is 9.44. The maximum atomic E-state index is 13.6. The second kappa shape index (κ2) is 10.3. The van der Waals surface area contributed by atoms with Crippen LogP contribution in [0.15, 0.2) is 23.2 Å². The van der Waals surface area contributed by atoms with Crippen LogP contribution < -0.4 is 10.6 Å². The van der Waals surface area contributed by atoms with Crippen LogP contribution in [0.4, 0.5) is 4.39 Å². The Morgan fingerprint density at radius 3 is 2.44 bits per heavy atom. The molecule has 0 aliphatic heterocycles. The average Bonchev–Trinajstić information content (AvgIpc) is 2.87. The van der Waals surface area contributed by atoms with Gasteiger partial charge in [0.2, 0.25) is 0 Å². The fourth-order valence-corrected chi connectivity index (χ4v) is 4.08. The van der Waals surface area contributed by atoms with Gasteiger partial charge in [0.25, 0.3) is 0 Å². The van der Waals surface area contributed by atoms with Gasteiger partial charge in [-0.2, -0.15) is 0 Å². The highest BCUT2D eigenvalue weighted by molar-refractivity contribution is 14.0. The van der Waals surface area contributed by atoms with E-state index in [4.69, 9.17) is 0 Å². The van der Waals surface area contributed by atoms with Gasteiger partial charge in [-0.1, -0.05) is 6.07 Å². The Bertz CT molecular complexity index is 894. The van der Waals surface area contributed by atoms with Gasteiger partial charge in [-0.05, 0) is 37.1 Å². The SMILES string of the molecule is CN=C(NCc1nc(C)c(C)s1)NCc1cc(F)ccc1CS(C)(=O)=O.I. The van der Waals surface area contributed by atoms with Crippen LogP contribution >= 0.6 is 35.3 Å². The quantitative estimate of drug-likeness (QED) is 0.344. The van der Waals surface area contributed by atoms with Crippen LogP contribution in [0.25, 0.3) is 0 Å². The van der Waals surface area contributed by atoms with E-state index >= 15 is 0 Å². The minimum absolute atomic E-state index is 0. The summed E-state index contributed by atoms with van der Waals surface area (Å²) in [6.07, 6.45) is 1.16. The first-order chi connectivity index (χ1) is 12.2. The lowest BCUT2D eigenvalue weighted by Gasteiger charge is -2.13. The number of hydrogen-bond donors (Lipinski definition) is 2. The predicted molar refractivity (Wildman–Crippen MR) is 119 cm³/mol. The molecule has 1 aromatic carbocycles. The molecule has 2 aromatic rings. The Balaban J connectivity index is 0.00000364. The van der Waals surface area contributed by atoms with Crippen molar-refractivity contribution in [3.05, 3.63) is 50.7 Å². The minimum Gasteiger partial charge on any atom is -0.352 e. The zero-order chi connectivity index (χ0) is 19.3. The first-order valence-electron chi connectivity index (χ1n) is 8.00. The summed E-state index contributed by atoms with van der Waals surface area (Å²) in [5.41, 5.74) is 2.17. The molecule has 150 valence electrons. The van der Waals surface area contributed by atoms with Gasteiger partial charge < -0.3 is 10.6 Å². The first-order valence-corrected chi connectivity index (χ1v) is 10.9. The number of aryl methyl sites for hydroxylation is 2. The number of benzene rings is 1. The Morgan fingerprint density at radius 2 is 1.89 bits per heavy atom. The summed E-state index contributed by atoms with van der Waals surface area (Å²) in [6, 6.07) is 4.11. The van der Waals surface area contributed by atoms with Crippen LogP contribution in [0.5, 0.6) is 0 Å². The summed E-state index contributed by atoms with van der Waals surface area (Å²) in [6.45, 7) is 4.78. The first kappa shape index (κ1) is 23.8. The average molecular weight is 526 g/mol. The van der Waals surface area contributed by atoms with E-state index in [0.717, 1.165) is 17.0 Å². The van der Waals surface area contributed by atoms with E-state index in [1.165, 1.54) is 23.1 Å². The van der Waals surface area contributed by atoms with E-state index in [1.54, 1.807) is 18.4 Å². The van der Waals surface area contributed by atoms with Crippen molar-refractivity contribution in [3.8, 4) is 0 Å². The summed E-state index contributed by atoms with van der Waals surface area (Å²) in [5, 5.41) is 7.19. The molecular formula is C17H24FIN4O2S2. The van der Waals surface area contributed by atoms with E-state index in [1.807, 2.05) is 13.8 Å². The molecule has 1 heterocycles. The zero-order valence-electron chi connectivity index (χ0n) is 15.7. The lowest BCUT2D eigenvalue weighted by molar-refractivity contribution is 0.599. The highest BCUT2D eigenvalue weighted by Gasteiger charge is 2.11. The number of aromatic nitrogens is 1. The number of hydrogen-bond acceptors (Lipinski definition) is 5. The maximum absolute atomic E-state index is 13.6. The van der Waals surface area contributed by atoms with Crippen molar-refractivity contribution in [2.45, 2.75) is 32.7 Å². The normalized spacial score (nSPS) is 11.8. The van der Waals surface area contributed by atoms with Gasteiger partial charge in [-0.15, -0.1) is 35.3 Å². The summed E-state index contributed by atoms with van der Waals surface area (Å²) >= 11 is 1.62. The third-order valence-electron chi connectivity index (χ3n) is 3.74. The summed E-state index contributed by atoms with van der Waals surface area (Å²) < 4.78 is 36.7. The molecule has 0 unspecified atom stereocenters. The van der Waals surface area contributed by atoms with Gasteiger partial charge in [-0.3, -0.25) is 4.99 Å². The van der Waals surface area contributed by atoms with Crippen LogP contribution in [0.1, 0.15) is 26.7 Å². The highest BCUT2D eigenvalue weighted by atomic mass is 127. The molecule has 6 nitrogen and oxygen atoms in total. The number of sulfone groups is 1.